The molecule has 0 aromatic carbocycles. The molecule has 0 rings (SSSR count). The molecule has 0 spiro atoms. The summed E-state index contributed by atoms with van der Waals surface area (Å²) in [4.78, 5) is 14.0. The van der Waals surface area contributed by atoms with E-state index in [2.05, 4.69) is 74.6 Å². The van der Waals surface area contributed by atoms with E-state index in [1.807, 2.05) is 0 Å². The third-order valence-corrected chi connectivity index (χ3v) is 4.42. The number of carbonyl (C=O) groups excluding carboxylic acids is 1. The predicted molar refractivity (Wildman–Crippen MR) is 127 cm³/mol. The SMILES string of the molecule is CCC=CCC=CCC=CCC=CCC=CCCCC(=O)N(CCO)CCCC. The zero-order valence-corrected chi connectivity index (χ0v) is 18.8. The summed E-state index contributed by atoms with van der Waals surface area (Å²) in [7, 11) is 0. The lowest BCUT2D eigenvalue weighted by Crippen LogP contribution is -2.34. The number of aliphatic hydroxyl groups excluding tert-OH is 1. The number of rotatable bonds is 18. The van der Waals surface area contributed by atoms with E-state index in [-0.39, 0.29) is 12.5 Å². The van der Waals surface area contributed by atoms with Crippen molar-refractivity contribution >= 4 is 5.91 Å². The molecule has 0 saturated carbocycles. The Labute approximate surface area is 179 Å². The first-order valence-corrected chi connectivity index (χ1v) is 11.4. The molecule has 29 heavy (non-hydrogen) atoms. The molecular weight excluding hydrogens is 358 g/mol. The molecule has 0 fully saturated rings. The molecule has 0 heterocycles. The Bertz CT molecular complexity index is 515. The Balaban J connectivity index is 3.73. The van der Waals surface area contributed by atoms with Gasteiger partial charge >= 0.3 is 0 Å². The summed E-state index contributed by atoms with van der Waals surface area (Å²) >= 11 is 0. The normalized spacial score (nSPS) is 12.5. The third kappa shape index (κ3) is 19.2. The minimum atomic E-state index is 0.0459. The lowest BCUT2D eigenvalue weighted by atomic mass is 10.2. The van der Waals surface area contributed by atoms with Gasteiger partial charge in [-0.15, -0.1) is 0 Å². The molecule has 0 aromatic heterocycles. The molecule has 0 aliphatic carbocycles. The second kappa shape index (κ2) is 22.4. The summed E-state index contributed by atoms with van der Waals surface area (Å²) < 4.78 is 0. The molecule has 0 radical (unpaired) electrons. The van der Waals surface area contributed by atoms with Crippen molar-refractivity contribution in [2.24, 2.45) is 0 Å². The molecule has 0 bridgehead atoms. The van der Waals surface area contributed by atoms with E-state index in [0.29, 0.717) is 13.0 Å². The molecule has 0 aliphatic heterocycles. The van der Waals surface area contributed by atoms with Gasteiger partial charge in [0.1, 0.15) is 0 Å². The number of aliphatic hydroxyl groups is 1. The second-order valence-corrected chi connectivity index (χ2v) is 7.06. The predicted octanol–water partition coefficient (Wildman–Crippen LogP) is 6.53. The fourth-order valence-corrected chi connectivity index (χ4v) is 2.73. The monoisotopic (exact) mass is 401 g/mol. The minimum Gasteiger partial charge on any atom is -0.395 e. The van der Waals surface area contributed by atoms with Crippen LogP contribution in [0, 0.1) is 0 Å². The summed E-state index contributed by atoms with van der Waals surface area (Å²) in [5.74, 6) is 0.167. The molecule has 0 saturated heterocycles. The van der Waals surface area contributed by atoms with Gasteiger partial charge in [-0.3, -0.25) is 4.79 Å². The smallest absolute Gasteiger partial charge is 0.222 e. The number of hydrogen-bond donors (Lipinski definition) is 1. The number of hydrogen-bond acceptors (Lipinski definition) is 2. The van der Waals surface area contributed by atoms with Gasteiger partial charge in [-0.1, -0.05) is 81.0 Å². The van der Waals surface area contributed by atoms with Crippen LogP contribution in [0.25, 0.3) is 0 Å². The summed E-state index contributed by atoms with van der Waals surface area (Å²) in [6.07, 6.45) is 31.4. The van der Waals surface area contributed by atoms with Crippen molar-refractivity contribution < 1.29 is 9.90 Å². The van der Waals surface area contributed by atoms with Crippen LogP contribution in [0.3, 0.4) is 0 Å². The van der Waals surface area contributed by atoms with Gasteiger partial charge < -0.3 is 10.0 Å². The van der Waals surface area contributed by atoms with Crippen LogP contribution in [0.4, 0.5) is 0 Å². The Morgan fingerprint density at radius 1 is 0.724 bits per heavy atom. The van der Waals surface area contributed by atoms with E-state index in [4.69, 9.17) is 5.11 Å². The van der Waals surface area contributed by atoms with Gasteiger partial charge in [-0.05, 0) is 51.4 Å². The van der Waals surface area contributed by atoms with Crippen molar-refractivity contribution in [3.05, 3.63) is 60.8 Å². The van der Waals surface area contributed by atoms with Crippen LogP contribution in [0.15, 0.2) is 60.8 Å². The summed E-state index contributed by atoms with van der Waals surface area (Å²) in [5, 5.41) is 9.08. The van der Waals surface area contributed by atoms with E-state index in [1.54, 1.807) is 4.90 Å². The molecule has 3 heteroatoms. The van der Waals surface area contributed by atoms with E-state index >= 15 is 0 Å². The molecule has 3 nitrogen and oxygen atoms in total. The van der Waals surface area contributed by atoms with E-state index < -0.39 is 0 Å². The highest BCUT2D eigenvalue weighted by molar-refractivity contribution is 5.76. The van der Waals surface area contributed by atoms with Gasteiger partial charge in [0.15, 0.2) is 0 Å². The Hall–Kier alpha value is -1.87. The Morgan fingerprint density at radius 2 is 1.24 bits per heavy atom. The van der Waals surface area contributed by atoms with Gasteiger partial charge in [0.25, 0.3) is 0 Å². The molecule has 164 valence electrons. The van der Waals surface area contributed by atoms with Crippen LogP contribution in [0.1, 0.15) is 78.1 Å². The number of allylic oxidation sites excluding steroid dienone is 10. The molecule has 1 N–H and O–H groups in total. The maximum Gasteiger partial charge on any atom is 0.222 e. The largest absolute Gasteiger partial charge is 0.395 e. The highest BCUT2D eigenvalue weighted by atomic mass is 16.3. The second-order valence-electron chi connectivity index (χ2n) is 7.06. The topological polar surface area (TPSA) is 40.5 Å². The summed E-state index contributed by atoms with van der Waals surface area (Å²) in [6.45, 7) is 5.53. The fourth-order valence-electron chi connectivity index (χ4n) is 2.73. The number of carbonyl (C=O) groups is 1. The standard InChI is InChI=1S/C26H43NO2/c1-3-5-7-8-9-10-11-12-13-14-15-16-17-18-19-20-21-22-26(29)27(24-25-28)23-6-4-2/h5,7,9-10,12-13,15-16,18-19,28H,3-4,6,8,11,14,17,20-25H2,1-2H3. The zero-order chi connectivity index (χ0) is 21.4. The van der Waals surface area contributed by atoms with Crippen LogP contribution in [0.2, 0.25) is 0 Å². The maximum atomic E-state index is 12.2. The lowest BCUT2D eigenvalue weighted by molar-refractivity contribution is -0.131. The highest BCUT2D eigenvalue weighted by Crippen LogP contribution is 2.04. The van der Waals surface area contributed by atoms with Crippen molar-refractivity contribution in [1.29, 1.82) is 0 Å². The van der Waals surface area contributed by atoms with Crippen molar-refractivity contribution in [3.63, 3.8) is 0 Å². The van der Waals surface area contributed by atoms with Crippen LogP contribution >= 0.6 is 0 Å². The molecular formula is C26H43NO2. The molecule has 1 amide bonds. The third-order valence-electron chi connectivity index (χ3n) is 4.42. The van der Waals surface area contributed by atoms with Crippen molar-refractivity contribution in [1.82, 2.24) is 4.90 Å². The van der Waals surface area contributed by atoms with E-state index in [1.165, 1.54) is 0 Å². The van der Waals surface area contributed by atoms with Crippen molar-refractivity contribution in [2.45, 2.75) is 78.1 Å². The molecule has 0 aromatic rings. The van der Waals surface area contributed by atoms with Gasteiger partial charge in [0.05, 0.1) is 6.61 Å². The highest BCUT2D eigenvalue weighted by Gasteiger charge is 2.11. The maximum absolute atomic E-state index is 12.2. The minimum absolute atomic E-state index is 0.0459. The van der Waals surface area contributed by atoms with Gasteiger partial charge in [0, 0.05) is 19.5 Å². The first-order valence-electron chi connectivity index (χ1n) is 11.4. The molecule has 0 atom stereocenters. The fraction of sp³-hybridized carbons (Fsp3) is 0.577. The van der Waals surface area contributed by atoms with Crippen LogP contribution in [-0.4, -0.2) is 35.6 Å². The lowest BCUT2D eigenvalue weighted by Gasteiger charge is -2.21. The molecule has 0 aliphatic rings. The Kier molecular flexibility index (Phi) is 21.0. The molecule has 0 unspecified atom stereocenters. The van der Waals surface area contributed by atoms with Crippen LogP contribution in [0.5, 0.6) is 0 Å². The van der Waals surface area contributed by atoms with E-state index in [9.17, 15) is 4.79 Å². The summed E-state index contributed by atoms with van der Waals surface area (Å²) in [6, 6.07) is 0. The summed E-state index contributed by atoms with van der Waals surface area (Å²) in [5.41, 5.74) is 0. The van der Waals surface area contributed by atoms with Gasteiger partial charge in [-0.2, -0.15) is 0 Å². The van der Waals surface area contributed by atoms with Crippen LogP contribution in [-0.2, 0) is 4.79 Å². The number of unbranched alkanes of at least 4 members (excludes halogenated alkanes) is 2. The van der Waals surface area contributed by atoms with Gasteiger partial charge in [0.2, 0.25) is 5.91 Å². The van der Waals surface area contributed by atoms with Crippen LogP contribution < -0.4 is 0 Å². The number of nitrogens with zero attached hydrogens (tertiary/aromatic N) is 1. The Morgan fingerprint density at radius 3 is 1.72 bits per heavy atom. The van der Waals surface area contributed by atoms with Crippen molar-refractivity contribution in [3.8, 4) is 0 Å². The first kappa shape index (κ1) is 27.1. The average Bonchev–Trinajstić information content (AvgIpc) is 2.73. The van der Waals surface area contributed by atoms with E-state index in [0.717, 1.165) is 64.3 Å². The number of amides is 1. The van der Waals surface area contributed by atoms with Gasteiger partial charge in [-0.25, -0.2) is 0 Å². The average molecular weight is 402 g/mol. The zero-order valence-electron chi connectivity index (χ0n) is 18.8. The first-order chi connectivity index (χ1) is 14.3. The quantitative estimate of drug-likeness (QED) is 0.209. The van der Waals surface area contributed by atoms with Crippen molar-refractivity contribution in [2.75, 3.05) is 19.7 Å².